The predicted molar refractivity (Wildman–Crippen MR) is 42.6 cm³/mol. The molecule has 0 aliphatic carbocycles. The standard InChI is InChI=1S/2C3H7NO2.Cu/c2*1-2(4)3(5)6;/h2*2H,4H2,1H3,(H,5,6);. The molecule has 0 bridgehead atoms. The van der Waals surface area contributed by atoms with Gasteiger partial charge in [-0.05, 0) is 13.8 Å². The van der Waals surface area contributed by atoms with Crippen molar-refractivity contribution in [1.82, 2.24) is 0 Å². The fourth-order valence-corrected chi connectivity index (χ4v) is 0. The monoisotopic (exact) mass is 241 g/mol. The van der Waals surface area contributed by atoms with Crippen molar-refractivity contribution in [2.75, 3.05) is 0 Å². The van der Waals surface area contributed by atoms with Crippen molar-refractivity contribution in [2.24, 2.45) is 11.5 Å². The summed E-state index contributed by atoms with van der Waals surface area (Å²) in [5.41, 5.74) is 9.67. The molecule has 7 heteroatoms. The van der Waals surface area contributed by atoms with Crippen LogP contribution in [0, 0.1) is 0 Å². The number of nitrogens with two attached hydrogens (primary N) is 2. The maximum absolute atomic E-state index is 9.57. The second kappa shape index (κ2) is 9.47. The number of aliphatic carboxylic acids is 2. The summed E-state index contributed by atoms with van der Waals surface area (Å²) in [6.07, 6.45) is 0. The summed E-state index contributed by atoms with van der Waals surface area (Å²) in [6, 6.07) is -1.46. The van der Waals surface area contributed by atoms with Crippen molar-refractivity contribution >= 4 is 11.9 Å². The second-order valence-electron chi connectivity index (χ2n) is 2.25. The summed E-state index contributed by atoms with van der Waals surface area (Å²) < 4.78 is 0. The average molecular weight is 242 g/mol. The molecule has 0 fully saturated rings. The Balaban J connectivity index is -0.000000143. The smallest absolute Gasteiger partial charge is 0.320 e. The van der Waals surface area contributed by atoms with Gasteiger partial charge < -0.3 is 21.7 Å². The molecule has 0 aliphatic heterocycles. The van der Waals surface area contributed by atoms with Gasteiger partial charge in [0.1, 0.15) is 12.1 Å². The van der Waals surface area contributed by atoms with E-state index in [1.807, 2.05) is 0 Å². The van der Waals surface area contributed by atoms with E-state index in [2.05, 4.69) is 0 Å². The third-order valence-electron chi connectivity index (χ3n) is 0.779. The van der Waals surface area contributed by atoms with Gasteiger partial charge in [0.15, 0.2) is 0 Å². The van der Waals surface area contributed by atoms with E-state index >= 15 is 0 Å². The Bertz CT molecular complexity index is 143. The molecule has 0 saturated carbocycles. The molecule has 6 N–H and O–H groups in total. The van der Waals surface area contributed by atoms with Gasteiger partial charge in [0, 0.05) is 17.1 Å². The van der Waals surface area contributed by atoms with Crippen LogP contribution in [0.4, 0.5) is 0 Å². The van der Waals surface area contributed by atoms with Crippen LogP contribution in [0.2, 0.25) is 0 Å². The Morgan fingerprint density at radius 3 is 1.08 bits per heavy atom. The van der Waals surface area contributed by atoms with Gasteiger partial charge in [-0.25, -0.2) is 0 Å². The SMILES string of the molecule is CC(N)C(=O)O.CC(N)C(=O)O.[Cu]. The van der Waals surface area contributed by atoms with Gasteiger partial charge >= 0.3 is 11.9 Å². The van der Waals surface area contributed by atoms with Gasteiger partial charge in [-0.3, -0.25) is 9.59 Å². The van der Waals surface area contributed by atoms with E-state index in [9.17, 15) is 9.59 Å². The molecular formula is C6H14CuN2O4. The van der Waals surface area contributed by atoms with Crippen molar-refractivity contribution in [3.8, 4) is 0 Å². The largest absolute Gasteiger partial charge is 0.480 e. The number of rotatable bonds is 2. The third-order valence-corrected chi connectivity index (χ3v) is 0.779. The second-order valence-corrected chi connectivity index (χ2v) is 2.25. The van der Waals surface area contributed by atoms with E-state index in [-0.39, 0.29) is 17.1 Å². The summed E-state index contributed by atoms with van der Waals surface area (Å²) in [5.74, 6) is -1.93. The number of hydrogen-bond donors (Lipinski definition) is 4. The number of carboxylic acid groups (broad SMARTS) is 2. The van der Waals surface area contributed by atoms with E-state index < -0.39 is 24.0 Å². The van der Waals surface area contributed by atoms with E-state index in [4.69, 9.17) is 21.7 Å². The summed E-state index contributed by atoms with van der Waals surface area (Å²) in [5, 5.41) is 15.7. The molecule has 1 radical (unpaired) electrons. The van der Waals surface area contributed by atoms with Gasteiger partial charge in [-0.15, -0.1) is 0 Å². The van der Waals surface area contributed by atoms with Crippen LogP contribution in [-0.2, 0) is 26.7 Å². The zero-order valence-electron chi connectivity index (χ0n) is 7.32. The molecule has 0 rings (SSSR count). The summed E-state index contributed by atoms with van der Waals surface area (Å²) >= 11 is 0. The van der Waals surface area contributed by atoms with Gasteiger partial charge in [-0.2, -0.15) is 0 Å². The summed E-state index contributed by atoms with van der Waals surface area (Å²) in [6.45, 7) is 2.84. The maximum atomic E-state index is 9.57. The first-order valence-corrected chi connectivity index (χ1v) is 3.25. The quantitative estimate of drug-likeness (QED) is 0.452. The van der Waals surface area contributed by atoms with Crippen molar-refractivity contribution in [1.29, 1.82) is 0 Å². The van der Waals surface area contributed by atoms with Crippen LogP contribution < -0.4 is 11.5 Å². The van der Waals surface area contributed by atoms with Crippen molar-refractivity contribution in [3.05, 3.63) is 0 Å². The molecule has 2 atom stereocenters. The third kappa shape index (κ3) is 18.4. The number of hydrogen-bond acceptors (Lipinski definition) is 4. The molecule has 13 heavy (non-hydrogen) atoms. The van der Waals surface area contributed by atoms with E-state index in [0.717, 1.165) is 0 Å². The van der Waals surface area contributed by atoms with E-state index in [1.165, 1.54) is 13.8 Å². The Hall–Kier alpha value is -0.621. The molecule has 83 valence electrons. The van der Waals surface area contributed by atoms with Gasteiger partial charge in [-0.1, -0.05) is 0 Å². The van der Waals surface area contributed by atoms with E-state index in [0.29, 0.717) is 0 Å². The van der Waals surface area contributed by atoms with Crippen LogP contribution in [0.25, 0.3) is 0 Å². The Labute approximate surface area is 86.8 Å². The van der Waals surface area contributed by atoms with Crippen LogP contribution in [0.15, 0.2) is 0 Å². The summed E-state index contributed by atoms with van der Waals surface area (Å²) in [4.78, 5) is 19.1. The number of carboxylic acids is 2. The Kier molecular flexibility index (Phi) is 13.3. The first-order chi connectivity index (χ1) is 5.29. The molecular weight excluding hydrogens is 228 g/mol. The van der Waals surface area contributed by atoms with E-state index in [1.54, 1.807) is 0 Å². The molecule has 0 aromatic carbocycles. The molecule has 0 heterocycles. The van der Waals surface area contributed by atoms with Crippen molar-refractivity contribution < 1.29 is 36.9 Å². The predicted octanol–water partition coefficient (Wildman–Crippen LogP) is -1.17. The molecule has 0 aromatic heterocycles. The normalized spacial score (nSPS) is 12.6. The van der Waals surface area contributed by atoms with Crippen LogP contribution >= 0.6 is 0 Å². The van der Waals surface area contributed by atoms with Gasteiger partial charge in [0.05, 0.1) is 0 Å². The Morgan fingerprint density at radius 2 is 1.08 bits per heavy atom. The van der Waals surface area contributed by atoms with Crippen LogP contribution in [-0.4, -0.2) is 34.2 Å². The molecule has 2 unspecified atom stereocenters. The van der Waals surface area contributed by atoms with Crippen molar-refractivity contribution in [2.45, 2.75) is 25.9 Å². The zero-order valence-corrected chi connectivity index (χ0v) is 8.26. The zero-order chi connectivity index (χ0) is 10.3. The summed E-state index contributed by atoms with van der Waals surface area (Å²) in [7, 11) is 0. The molecule has 0 spiro atoms. The first-order valence-electron chi connectivity index (χ1n) is 3.25. The van der Waals surface area contributed by atoms with Gasteiger partial charge in [0.2, 0.25) is 0 Å². The van der Waals surface area contributed by atoms with Crippen LogP contribution in [0.5, 0.6) is 0 Å². The molecule has 0 amide bonds. The topological polar surface area (TPSA) is 127 Å². The first kappa shape index (κ1) is 18.2. The van der Waals surface area contributed by atoms with Crippen LogP contribution in [0.1, 0.15) is 13.8 Å². The molecule has 0 saturated heterocycles. The average Bonchev–Trinajstić information content (AvgIpc) is 1.88. The number of carbonyl (C=O) groups is 2. The van der Waals surface area contributed by atoms with Crippen LogP contribution in [0.3, 0.4) is 0 Å². The van der Waals surface area contributed by atoms with Gasteiger partial charge in [0.25, 0.3) is 0 Å². The molecule has 0 aromatic rings. The minimum absolute atomic E-state index is 0. The molecule has 6 nitrogen and oxygen atoms in total. The maximum Gasteiger partial charge on any atom is 0.320 e. The van der Waals surface area contributed by atoms with Crippen molar-refractivity contribution in [3.63, 3.8) is 0 Å². The fourth-order valence-electron chi connectivity index (χ4n) is 0. The fraction of sp³-hybridized carbons (Fsp3) is 0.667. The minimum atomic E-state index is -0.963. The molecule has 0 aliphatic rings. The minimum Gasteiger partial charge on any atom is -0.480 e. The Morgan fingerprint density at radius 1 is 1.00 bits per heavy atom.